The Kier molecular flexibility index (Phi) is 4.41. The van der Waals surface area contributed by atoms with E-state index < -0.39 is 0 Å². The van der Waals surface area contributed by atoms with Gasteiger partial charge in [-0.3, -0.25) is 10.1 Å². The number of nitro groups is 1. The van der Waals surface area contributed by atoms with Crippen LogP contribution >= 0.6 is 0 Å². The molecule has 1 aromatic heterocycles. The first kappa shape index (κ1) is 14.1. The summed E-state index contributed by atoms with van der Waals surface area (Å²) in [5.74, 6) is 0.828. The summed E-state index contributed by atoms with van der Waals surface area (Å²) in [5.41, 5.74) is 1.02. The molecule has 0 spiro atoms. The zero-order chi connectivity index (χ0) is 14.5. The fraction of sp³-hybridized carbons (Fsp3) is 0.385. The molecule has 1 heterocycles. The molecule has 0 bridgehead atoms. The van der Waals surface area contributed by atoms with Crippen LogP contribution in [0.1, 0.15) is 30.8 Å². The molecule has 7 heteroatoms. The van der Waals surface area contributed by atoms with Gasteiger partial charge >= 0.3 is 0 Å². The van der Waals surface area contributed by atoms with Crippen molar-refractivity contribution in [2.24, 2.45) is 7.05 Å². The third-order valence-electron chi connectivity index (χ3n) is 3.20. The maximum Gasteiger partial charge on any atom is 0.269 e. The maximum atomic E-state index is 10.8. The summed E-state index contributed by atoms with van der Waals surface area (Å²) in [6.45, 7) is 2.60. The van der Waals surface area contributed by atoms with E-state index in [9.17, 15) is 10.1 Å². The molecular formula is C13H17N5O2. The van der Waals surface area contributed by atoms with Gasteiger partial charge in [0.2, 0.25) is 0 Å². The van der Waals surface area contributed by atoms with E-state index in [1.807, 2.05) is 24.6 Å². The largest absolute Gasteiger partial charge is 0.320 e. The third kappa shape index (κ3) is 3.18. The van der Waals surface area contributed by atoms with E-state index in [0.717, 1.165) is 17.8 Å². The number of non-ortho nitro benzene ring substituents is 1. The zero-order valence-electron chi connectivity index (χ0n) is 11.5. The van der Waals surface area contributed by atoms with Crippen molar-refractivity contribution in [3.05, 3.63) is 52.1 Å². The monoisotopic (exact) mass is 275 g/mol. The van der Waals surface area contributed by atoms with E-state index in [1.165, 1.54) is 6.07 Å². The van der Waals surface area contributed by atoms with Crippen LogP contribution in [0.5, 0.6) is 0 Å². The van der Waals surface area contributed by atoms with Gasteiger partial charge in [0.25, 0.3) is 5.69 Å². The average molecular weight is 275 g/mol. The fourth-order valence-electron chi connectivity index (χ4n) is 2.03. The normalized spacial score (nSPS) is 12.3. The van der Waals surface area contributed by atoms with Crippen molar-refractivity contribution < 1.29 is 4.92 Å². The van der Waals surface area contributed by atoms with Gasteiger partial charge in [0.15, 0.2) is 0 Å². The van der Waals surface area contributed by atoms with Gasteiger partial charge in [-0.2, -0.15) is 0 Å². The summed E-state index contributed by atoms with van der Waals surface area (Å²) in [4.78, 5) is 10.4. The molecule has 20 heavy (non-hydrogen) atoms. The molecule has 1 atom stereocenters. The number of aryl methyl sites for hydroxylation is 1. The van der Waals surface area contributed by atoms with Gasteiger partial charge in [0.05, 0.1) is 11.5 Å². The molecule has 2 aromatic rings. The lowest BCUT2D eigenvalue weighted by molar-refractivity contribution is -0.384. The Labute approximate surface area is 116 Å². The number of benzene rings is 1. The second-order valence-electron chi connectivity index (χ2n) is 4.55. The topological polar surface area (TPSA) is 85.9 Å². The highest BCUT2D eigenvalue weighted by atomic mass is 16.6. The van der Waals surface area contributed by atoms with Gasteiger partial charge in [-0.05, 0) is 12.0 Å². The van der Waals surface area contributed by atoms with Gasteiger partial charge in [-0.1, -0.05) is 19.1 Å². The van der Waals surface area contributed by atoms with Crippen LogP contribution in [0.15, 0.2) is 30.6 Å². The Hall–Kier alpha value is -2.28. The van der Waals surface area contributed by atoms with E-state index >= 15 is 0 Å². The van der Waals surface area contributed by atoms with Crippen molar-refractivity contribution in [3.8, 4) is 0 Å². The fourth-order valence-corrected chi connectivity index (χ4v) is 2.03. The number of aromatic nitrogens is 3. The lowest BCUT2D eigenvalue weighted by atomic mass is 10.0. The number of hydrogen-bond acceptors (Lipinski definition) is 5. The summed E-state index contributed by atoms with van der Waals surface area (Å²) in [5, 5.41) is 22.0. The Bertz CT molecular complexity index is 596. The molecular weight excluding hydrogens is 258 g/mol. The van der Waals surface area contributed by atoms with Crippen molar-refractivity contribution >= 4 is 5.69 Å². The minimum absolute atomic E-state index is 0.0478. The van der Waals surface area contributed by atoms with Gasteiger partial charge in [0.1, 0.15) is 12.2 Å². The highest BCUT2D eigenvalue weighted by Crippen LogP contribution is 2.21. The molecule has 1 unspecified atom stereocenters. The summed E-state index contributed by atoms with van der Waals surface area (Å²) in [6, 6.07) is 6.76. The van der Waals surface area contributed by atoms with Crippen molar-refractivity contribution in [1.29, 1.82) is 0 Å². The third-order valence-corrected chi connectivity index (χ3v) is 3.20. The van der Waals surface area contributed by atoms with E-state index in [0.29, 0.717) is 6.54 Å². The van der Waals surface area contributed by atoms with Crippen molar-refractivity contribution in [1.82, 2.24) is 20.1 Å². The maximum absolute atomic E-state index is 10.8. The quantitative estimate of drug-likeness (QED) is 0.643. The van der Waals surface area contributed by atoms with Gasteiger partial charge in [0, 0.05) is 25.2 Å². The SMILES string of the molecule is CCC(NCc1nncn1C)c1cccc([N+](=O)[O-])c1. The van der Waals surface area contributed by atoms with Crippen LogP contribution in [-0.4, -0.2) is 19.7 Å². The molecule has 0 aliphatic carbocycles. The summed E-state index contributed by atoms with van der Waals surface area (Å²) >= 11 is 0. The molecule has 0 radical (unpaired) electrons. The van der Waals surface area contributed by atoms with Crippen LogP contribution in [0.25, 0.3) is 0 Å². The highest BCUT2D eigenvalue weighted by Gasteiger charge is 2.13. The molecule has 7 nitrogen and oxygen atoms in total. The molecule has 0 aliphatic rings. The lowest BCUT2D eigenvalue weighted by Gasteiger charge is -2.16. The number of rotatable bonds is 6. The molecule has 0 saturated heterocycles. The summed E-state index contributed by atoms with van der Waals surface area (Å²) in [7, 11) is 1.88. The first-order valence-electron chi connectivity index (χ1n) is 6.42. The molecule has 0 amide bonds. The van der Waals surface area contributed by atoms with Crippen LogP contribution in [-0.2, 0) is 13.6 Å². The molecule has 1 N–H and O–H groups in total. The first-order chi connectivity index (χ1) is 9.61. The second-order valence-corrected chi connectivity index (χ2v) is 4.55. The van der Waals surface area contributed by atoms with Gasteiger partial charge in [-0.25, -0.2) is 0 Å². The predicted molar refractivity (Wildman–Crippen MR) is 74.0 cm³/mol. The minimum atomic E-state index is -0.376. The number of nitrogens with zero attached hydrogens (tertiary/aromatic N) is 4. The molecule has 0 fully saturated rings. The number of hydrogen-bond donors (Lipinski definition) is 1. The van der Waals surface area contributed by atoms with Gasteiger partial charge in [-0.15, -0.1) is 10.2 Å². The van der Waals surface area contributed by atoms with Gasteiger partial charge < -0.3 is 9.88 Å². The molecule has 2 rings (SSSR count). The number of nitrogens with one attached hydrogen (secondary N) is 1. The van der Waals surface area contributed by atoms with E-state index in [2.05, 4.69) is 15.5 Å². The van der Waals surface area contributed by atoms with Crippen molar-refractivity contribution in [2.75, 3.05) is 0 Å². The van der Waals surface area contributed by atoms with Crippen LogP contribution in [0.4, 0.5) is 5.69 Å². The Morgan fingerprint density at radius 3 is 2.90 bits per heavy atom. The van der Waals surface area contributed by atoms with Crippen LogP contribution in [0.2, 0.25) is 0 Å². The highest BCUT2D eigenvalue weighted by molar-refractivity contribution is 5.35. The molecule has 0 aliphatic heterocycles. The summed E-state index contributed by atoms with van der Waals surface area (Å²) in [6.07, 6.45) is 2.48. The molecule has 106 valence electrons. The van der Waals surface area contributed by atoms with Crippen LogP contribution < -0.4 is 5.32 Å². The Morgan fingerprint density at radius 1 is 1.50 bits per heavy atom. The predicted octanol–water partition coefficient (Wildman–Crippen LogP) is 1.96. The Morgan fingerprint density at radius 2 is 2.30 bits per heavy atom. The minimum Gasteiger partial charge on any atom is -0.320 e. The van der Waals surface area contributed by atoms with Crippen LogP contribution in [0.3, 0.4) is 0 Å². The van der Waals surface area contributed by atoms with E-state index in [4.69, 9.17) is 0 Å². The van der Waals surface area contributed by atoms with Crippen molar-refractivity contribution in [2.45, 2.75) is 25.9 Å². The number of nitro benzene ring substituents is 1. The van der Waals surface area contributed by atoms with E-state index in [-0.39, 0.29) is 16.7 Å². The lowest BCUT2D eigenvalue weighted by Crippen LogP contribution is -2.22. The average Bonchev–Trinajstić information content (AvgIpc) is 2.85. The second kappa shape index (κ2) is 6.25. The van der Waals surface area contributed by atoms with Crippen LogP contribution in [0, 0.1) is 10.1 Å². The van der Waals surface area contributed by atoms with Crippen molar-refractivity contribution in [3.63, 3.8) is 0 Å². The summed E-state index contributed by atoms with van der Waals surface area (Å²) < 4.78 is 1.84. The zero-order valence-corrected chi connectivity index (χ0v) is 11.5. The Balaban J connectivity index is 2.10. The molecule has 1 aromatic carbocycles. The smallest absolute Gasteiger partial charge is 0.269 e. The molecule has 0 saturated carbocycles. The standard InChI is InChI=1S/C13H17N5O2/c1-3-12(14-8-13-16-15-9-17(13)2)10-5-4-6-11(7-10)18(19)20/h4-7,9,12,14H,3,8H2,1-2H3. The van der Waals surface area contributed by atoms with E-state index in [1.54, 1.807) is 18.5 Å². The first-order valence-corrected chi connectivity index (χ1v) is 6.42.